The Labute approximate surface area is 120 Å². The van der Waals surface area contributed by atoms with Gasteiger partial charge in [-0.25, -0.2) is 0 Å². The Morgan fingerprint density at radius 3 is 2.75 bits per heavy atom. The topological polar surface area (TPSA) is 85.8 Å². The van der Waals surface area contributed by atoms with Gasteiger partial charge in [-0.1, -0.05) is 13.8 Å². The van der Waals surface area contributed by atoms with Crippen molar-refractivity contribution in [3.8, 4) is 0 Å². The number of rotatable bonds is 8. The zero-order valence-corrected chi connectivity index (χ0v) is 12.4. The summed E-state index contributed by atoms with van der Waals surface area (Å²) in [6.45, 7) is 5.74. The lowest BCUT2D eigenvalue weighted by Gasteiger charge is -2.28. The molecule has 0 saturated heterocycles. The van der Waals surface area contributed by atoms with Crippen LogP contribution in [0.25, 0.3) is 0 Å². The van der Waals surface area contributed by atoms with E-state index in [2.05, 4.69) is 15.5 Å². The number of carbonyl (C=O) groups excluding carboxylic acids is 1. The molecule has 1 aromatic rings. The van der Waals surface area contributed by atoms with Gasteiger partial charge in [-0.2, -0.15) is 0 Å². The first kappa shape index (κ1) is 15.0. The minimum absolute atomic E-state index is 0.0612. The highest BCUT2D eigenvalue weighted by atomic mass is 16.2. The molecule has 6 heteroatoms. The standard InChI is InChI=1S/C14H25N5O/c1-3-14(4-2,9-15)13(20)16-7-8-19-10-17-18-12(19)11-5-6-11/h10-11H,3-9,15H2,1-2H3,(H,16,20). The van der Waals surface area contributed by atoms with E-state index in [1.807, 2.05) is 18.4 Å². The molecule has 3 N–H and O–H groups in total. The lowest BCUT2D eigenvalue weighted by molar-refractivity contribution is -0.131. The molecule has 6 nitrogen and oxygen atoms in total. The average Bonchev–Trinajstić information content (AvgIpc) is 3.21. The average molecular weight is 279 g/mol. The number of aromatic nitrogens is 3. The van der Waals surface area contributed by atoms with Crippen molar-refractivity contribution in [1.29, 1.82) is 0 Å². The fourth-order valence-electron chi connectivity index (χ4n) is 2.52. The van der Waals surface area contributed by atoms with E-state index in [0.29, 0.717) is 19.0 Å². The maximum atomic E-state index is 12.3. The molecule has 1 aliphatic carbocycles. The van der Waals surface area contributed by atoms with Crippen molar-refractivity contribution in [2.45, 2.75) is 52.0 Å². The third-order valence-electron chi connectivity index (χ3n) is 4.45. The molecule has 1 amide bonds. The van der Waals surface area contributed by atoms with Crippen molar-refractivity contribution in [2.24, 2.45) is 11.1 Å². The van der Waals surface area contributed by atoms with Crippen LogP contribution in [0.4, 0.5) is 0 Å². The molecule has 112 valence electrons. The van der Waals surface area contributed by atoms with E-state index in [9.17, 15) is 4.79 Å². The largest absolute Gasteiger partial charge is 0.354 e. The normalized spacial score (nSPS) is 15.3. The van der Waals surface area contributed by atoms with E-state index < -0.39 is 5.41 Å². The highest BCUT2D eigenvalue weighted by Crippen LogP contribution is 2.38. The van der Waals surface area contributed by atoms with Crippen LogP contribution in [0.5, 0.6) is 0 Å². The summed E-state index contributed by atoms with van der Waals surface area (Å²) in [7, 11) is 0. The van der Waals surface area contributed by atoms with Crippen LogP contribution in [0, 0.1) is 5.41 Å². The van der Waals surface area contributed by atoms with E-state index in [4.69, 9.17) is 5.73 Å². The smallest absolute Gasteiger partial charge is 0.227 e. The Hall–Kier alpha value is -1.43. The van der Waals surface area contributed by atoms with Gasteiger partial charge < -0.3 is 15.6 Å². The van der Waals surface area contributed by atoms with Crippen molar-refractivity contribution in [2.75, 3.05) is 13.1 Å². The van der Waals surface area contributed by atoms with Crippen LogP contribution in [0.2, 0.25) is 0 Å². The van der Waals surface area contributed by atoms with E-state index in [0.717, 1.165) is 25.2 Å². The fourth-order valence-corrected chi connectivity index (χ4v) is 2.52. The zero-order chi connectivity index (χ0) is 14.6. The van der Waals surface area contributed by atoms with Gasteiger partial charge in [0.25, 0.3) is 0 Å². The molecule has 1 aliphatic rings. The van der Waals surface area contributed by atoms with Gasteiger partial charge in [-0.05, 0) is 25.7 Å². The summed E-state index contributed by atoms with van der Waals surface area (Å²) < 4.78 is 2.04. The lowest BCUT2D eigenvalue weighted by Crippen LogP contribution is -2.46. The second-order valence-corrected chi connectivity index (χ2v) is 5.60. The number of hydrogen-bond acceptors (Lipinski definition) is 4. The quantitative estimate of drug-likeness (QED) is 0.744. The molecule has 0 radical (unpaired) electrons. The van der Waals surface area contributed by atoms with Gasteiger partial charge in [0.05, 0.1) is 5.41 Å². The summed E-state index contributed by atoms with van der Waals surface area (Å²) in [5, 5.41) is 11.1. The summed E-state index contributed by atoms with van der Waals surface area (Å²) in [4.78, 5) is 12.3. The number of amides is 1. The first-order valence-corrected chi connectivity index (χ1v) is 7.53. The van der Waals surface area contributed by atoms with Gasteiger partial charge in [-0.15, -0.1) is 10.2 Å². The van der Waals surface area contributed by atoms with Crippen LogP contribution in [0.3, 0.4) is 0 Å². The third kappa shape index (κ3) is 3.00. The van der Waals surface area contributed by atoms with Gasteiger partial charge in [0.2, 0.25) is 5.91 Å². The van der Waals surface area contributed by atoms with Gasteiger partial charge in [0.1, 0.15) is 12.2 Å². The van der Waals surface area contributed by atoms with Gasteiger partial charge in [0.15, 0.2) is 0 Å². The molecular weight excluding hydrogens is 254 g/mol. The third-order valence-corrected chi connectivity index (χ3v) is 4.45. The number of nitrogens with one attached hydrogen (secondary N) is 1. The van der Waals surface area contributed by atoms with Crippen molar-refractivity contribution >= 4 is 5.91 Å². The van der Waals surface area contributed by atoms with Crippen molar-refractivity contribution in [1.82, 2.24) is 20.1 Å². The Kier molecular flexibility index (Phi) is 4.75. The minimum Gasteiger partial charge on any atom is -0.354 e. The Balaban J connectivity index is 1.85. The van der Waals surface area contributed by atoms with Gasteiger partial charge >= 0.3 is 0 Å². The van der Waals surface area contributed by atoms with E-state index in [1.54, 1.807) is 6.33 Å². The highest BCUT2D eigenvalue weighted by molar-refractivity contribution is 5.82. The summed E-state index contributed by atoms with van der Waals surface area (Å²) in [5.41, 5.74) is 5.36. The molecule has 0 atom stereocenters. The Bertz CT molecular complexity index is 440. The maximum absolute atomic E-state index is 12.3. The highest BCUT2D eigenvalue weighted by Gasteiger charge is 2.33. The maximum Gasteiger partial charge on any atom is 0.227 e. The van der Waals surface area contributed by atoms with Crippen molar-refractivity contribution < 1.29 is 4.79 Å². The molecular formula is C14H25N5O. The second-order valence-electron chi connectivity index (χ2n) is 5.60. The van der Waals surface area contributed by atoms with Crippen LogP contribution in [0.15, 0.2) is 6.33 Å². The predicted molar refractivity (Wildman–Crippen MR) is 77.1 cm³/mol. The summed E-state index contributed by atoms with van der Waals surface area (Å²) in [6, 6.07) is 0. The second kappa shape index (κ2) is 6.35. The lowest BCUT2D eigenvalue weighted by atomic mass is 9.81. The Morgan fingerprint density at radius 2 is 2.20 bits per heavy atom. The molecule has 0 spiro atoms. The molecule has 0 aliphatic heterocycles. The van der Waals surface area contributed by atoms with Crippen LogP contribution in [0.1, 0.15) is 51.3 Å². The predicted octanol–water partition coefficient (Wildman–Crippen LogP) is 1.04. The van der Waals surface area contributed by atoms with Gasteiger partial charge in [-0.3, -0.25) is 4.79 Å². The first-order valence-electron chi connectivity index (χ1n) is 7.53. The van der Waals surface area contributed by atoms with Crippen LogP contribution in [-0.2, 0) is 11.3 Å². The summed E-state index contributed by atoms with van der Waals surface area (Å²) in [5.74, 6) is 1.68. The summed E-state index contributed by atoms with van der Waals surface area (Å²) >= 11 is 0. The van der Waals surface area contributed by atoms with Crippen LogP contribution < -0.4 is 11.1 Å². The molecule has 0 unspecified atom stereocenters. The van der Waals surface area contributed by atoms with Crippen molar-refractivity contribution in [3.63, 3.8) is 0 Å². The molecule has 1 aromatic heterocycles. The van der Waals surface area contributed by atoms with Crippen molar-refractivity contribution in [3.05, 3.63) is 12.2 Å². The number of nitrogens with two attached hydrogens (primary N) is 1. The molecule has 2 rings (SSSR count). The molecule has 0 aromatic carbocycles. The Morgan fingerprint density at radius 1 is 1.50 bits per heavy atom. The molecule has 0 bridgehead atoms. The van der Waals surface area contributed by atoms with Gasteiger partial charge in [0, 0.05) is 25.6 Å². The zero-order valence-electron chi connectivity index (χ0n) is 12.4. The fraction of sp³-hybridized carbons (Fsp3) is 0.786. The molecule has 1 heterocycles. The van der Waals surface area contributed by atoms with E-state index >= 15 is 0 Å². The summed E-state index contributed by atoms with van der Waals surface area (Å²) in [6.07, 6.45) is 5.69. The van der Waals surface area contributed by atoms with E-state index in [-0.39, 0.29) is 5.91 Å². The molecule has 20 heavy (non-hydrogen) atoms. The van der Waals surface area contributed by atoms with Crippen LogP contribution in [-0.4, -0.2) is 33.8 Å². The number of hydrogen-bond donors (Lipinski definition) is 2. The van der Waals surface area contributed by atoms with Crippen LogP contribution >= 0.6 is 0 Å². The molecule has 1 fully saturated rings. The minimum atomic E-state index is -0.424. The molecule has 1 saturated carbocycles. The van der Waals surface area contributed by atoms with E-state index in [1.165, 1.54) is 12.8 Å². The number of carbonyl (C=O) groups is 1. The number of nitrogens with zero attached hydrogens (tertiary/aromatic N) is 3. The SMILES string of the molecule is CCC(CC)(CN)C(=O)NCCn1cnnc1C1CC1. The first-order chi connectivity index (χ1) is 9.66. The monoisotopic (exact) mass is 279 g/mol.